The Morgan fingerprint density at radius 3 is 2.24 bits per heavy atom. The average Bonchev–Trinajstić information content (AvgIpc) is 2.31. The molecule has 0 atom stereocenters. The lowest BCUT2D eigenvalue weighted by atomic mass is 10.2. The average molecular weight is 259 g/mol. The van der Waals surface area contributed by atoms with E-state index in [0.717, 1.165) is 18.8 Å². The molecule has 4 nitrogen and oxygen atoms in total. The fraction of sp³-hybridized carbons (Fsp3) is 0.500. The Kier molecular flexibility index (Phi) is 6.11. The maximum absolute atomic E-state index is 6.18. The summed E-state index contributed by atoms with van der Waals surface area (Å²) >= 11 is 6.18. The fourth-order valence-electron chi connectivity index (χ4n) is 1.60. The second-order valence-electron chi connectivity index (χ2n) is 3.65. The van der Waals surface area contributed by atoms with Gasteiger partial charge < -0.3 is 20.1 Å². The van der Waals surface area contributed by atoms with Crippen LogP contribution in [0.5, 0.6) is 0 Å². The number of halogens is 1. The molecule has 1 rings (SSSR count). The summed E-state index contributed by atoms with van der Waals surface area (Å²) in [6.45, 7) is 2.70. The summed E-state index contributed by atoms with van der Waals surface area (Å²) in [5, 5.41) is 0.650. The fourth-order valence-corrected chi connectivity index (χ4v) is 1.91. The molecule has 0 aliphatic carbocycles. The van der Waals surface area contributed by atoms with Crippen molar-refractivity contribution in [1.29, 1.82) is 0 Å². The molecule has 0 aliphatic rings. The summed E-state index contributed by atoms with van der Waals surface area (Å²) < 4.78 is 10.2. The van der Waals surface area contributed by atoms with Crippen LogP contribution in [0.4, 0.5) is 11.4 Å². The molecule has 0 bridgehead atoms. The van der Waals surface area contributed by atoms with Crippen LogP contribution in [0.2, 0.25) is 5.02 Å². The molecule has 0 aliphatic heterocycles. The Balaban J connectivity index is 2.86. The van der Waals surface area contributed by atoms with Gasteiger partial charge >= 0.3 is 0 Å². The highest BCUT2D eigenvalue weighted by Gasteiger charge is 2.13. The maximum atomic E-state index is 6.18. The first-order valence-electron chi connectivity index (χ1n) is 5.47. The Morgan fingerprint density at radius 1 is 1.18 bits per heavy atom. The van der Waals surface area contributed by atoms with Gasteiger partial charge in [0.1, 0.15) is 0 Å². The van der Waals surface area contributed by atoms with Gasteiger partial charge in [0.2, 0.25) is 0 Å². The van der Waals surface area contributed by atoms with Crippen LogP contribution in [0.25, 0.3) is 0 Å². The third-order valence-corrected chi connectivity index (χ3v) is 2.77. The molecule has 0 saturated heterocycles. The number of ether oxygens (including phenoxy) is 2. The zero-order chi connectivity index (χ0) is 12.7. The zero-order valence-electron chi connectivity index (χ0n) is 10.3. The molecule has 2 N–H and O–H groups in total. The lowest BCUT2D eigenvalue weighted by molar-refractivity contribution is 0.190. The molecule has 0 aromatic heterocycles. The number of methoxy groups -OCH3 is 2. The van der Waals surface area contributed by atoms with Crippen LogP contribution in [-0.4, -0.2) is 40.5 Å². The molecule has 0 fully saturated rings. The van der Waals surface area contributed by atoms with Crippen LogP contribution in [0.3, 0.4) is 0 Å². The molecular weight excluding hydrogens is 240 g/mol. The van der Waals surface area contributed by atoms with Gasteiger partial charge in [-0.05, 0) is 12.1 Å². The highest BCUT2D eigenvalue weighted by molar-refractivity contribution is 6.34. The summed E-state index contributed by atoms with van der Waals surface area (Å²) in [4.78, 5) is 2.07. The molecule has 0 amide bonds. The largest absolute Gasteiger partial charge is 0.397 e. The van der Waals surface area contributed by atoms with Crippen molar-refractivity contribution in [2.75, 3.05) is 51.2 Å². The van der Waals surface area contributed by atoms with Crippen molar-refractivity contribution < 1.29 is 9.47 Å². The Morgan fingerprint density at radius 2 is 1.76 bits per heavy atom. The van der Waals surface area contributed by atoms with Crippen LogP contribution >= 0.6 is 11.6 Å². The first kappa shape index (κ1) is 14.1. The van der Waals surface area contributed by atoms with Gasteiger partial charge in [-0.3, -0.25) is 0 Å². The van der Waals surface area contributed by atoms with E-state index >= 15 is 0 Å². The minimum absolute atomic E-state index is 0.619. The van der Waals surface area contributed by atoms with Crippen molar-refractivity contribution in [3.05, 3.63) is 23.2 Å². The third-order valence-electron chi connectivity index (χ3n) is 2.46. The van der Waals surface area contributed by atoms with Gasteiger partial charge in [-0.1, -0.05) is 17.7 Å². The number of anilines is 2. The van der Waals surface area contributed by atoms with Gasteiger partial charge in [0.25, 0.3) is 0 Å². The standard InChI is InChI=1S/C12H19ClN2O2/c1-16-8-6-15(7-9-17-2)12-10(13)4-3-5-11(12)14/h3-5H,6-9,14H2,1-2H3. The van der Waals surface area contributed by atoms with Crippen LogP contribution in [-0.2, 0) is 9.47 Å². The van der Waals surface area contributed by atoms with Crippen molar-refractivity contribution >= 4 is 23.0 Å². The molecule has 0 unspecified atom stereocenters. The monoisotopic (exact) mass is 258 g/mol. The smallest absolute Gasteiger partial charge is 0.0790 e. The molecule has 0 spiro atoms. The summed E-state index contributed by atoms with van der Waals surface area (Å²) in [5.41, 5.74) is 7.48. The minimum atomic E-state index is 0.619. The summed E-state index contributed by atoms with van der Waals surface area (Å²) in [5.74, 6) is 0. The number of hydrogen-bond donors (Lipinski definition) is 1. The van der Waals surface area contributed by atoms with Gasteiger partial charge in [0.15, 0.2) is 0 Å². The van der Waals surface area contributed by atoms with Gasteiger partial charge in [0.05, 0.1) is 29.6 Å². The maximum Gasteiger partial charge on any atom is 0.0790 e. The van der Waals surface area contributed by atoms with E-state index in [1.165, 1.54) is 0 Å². The first-order valence-corrected chi connectivity index (χ1v) is 5.85. The second-order valence-corrected chi connectivity index (χ2v) is 4.06. The van der Waals surface area contributed by atoms with E-state index < -0.39 is 0 Å². The molecule has 5 heteroatoms. The highest BCUT2D eigenvalue weighted by Crippen LogP contribution is 2.31. The third kappa shape index (κ3) is 4.07. The van der Waals surface area contributed by atoms with E-state index in [9.17, 15) is 0 Å². The normalized spacial score (nSPS) is 10.5. The van der Waals surface area contributed by atoms with Gasteiger partial charge in [-0.15, -0.1) is 0 Å². The number of benzene rings is 1. The molecule has 0 heterocycles. The van der Waals surface area contributed by atoms with E-state index in [4.69, 9.17) is 26.8 Å². The molecule has 96 valence electrons. The Bertz CT molecular complexity index is 319. The van der Waals surface area contributed by atoms with Crippen molar-refractivity contribution in [3.63, 3.8) is 0 Å². The van der Waals surface area contributed by atoms with E-state index in [1.54, 1.807) is 14.2 Å². The molecule has 1 aromatic rings. The molecule has 17 heavy (non-hydrogen) atoms. The number of nitrogens with two attached hydrogens (primary N) is 1. The number of nitrogen functional groups attached to an aromatic ring is 1. The number of nitrogens with zero attached hydrogens (tertiary/aromatic N) is 1. The topological polar surface area (TPSA) is 47.7 Å². The summed E-state index contributed by atoms with van der Waals surface area (Å²) in [6.07, 6.45) is 0. The molecule has 0 radical (unpaired) electrons. The molecule has 0 saturated carbocycles. The van der Waals surface area contributed by atoms with Gasteiger partial charge in [0, 0.05) is 27.3 Å². The summed E-state index contributed by atoms with van der Waals surface area (Å²) in [7, 11) is 3.34. The predicted molar refractivity (Wildman–Crippen MR) is 71.8 cm³/mol. The number of rotatable bonds is 7. The van der Waals surface area contributed by atoms with Crippen LogP contribution in [0.1, 0.15) is 0 Å². The second kappa shape index (κ2) is 7.37. The Labute approximate surface area is 107 Å². The van der Waals surface area contributed by atoms with Crippen LogP contribution in [0.15, 0.2) is 18.2 Å². The van der Waals surface area contributed by atoms with Crippen molar-refractivity contribution in [1.82, 2.24) is 0 Å². The number of hydrogen-bond acceptors (Lipinski definition) is 4. The van der Waals surface area contributed by atoms with E-state index in [-0.39, 0.29) is 0 Å². The summed E-state index contributed by atoms with van der Waals surface area (Å²) in [6, 6.07) is 5.51. The SMILES string of the molecule is COCCN(CCOC)c1c(N)cccc1Cl. The van der Waals surface area contributed by atoms with Crippen LogP contribution < -0.4 is 10.6 Å². The quantitative estimate of drug-likeness (QED) is 0.761. The lowest BCUT2D eigenvalue weighted by Gasteiger charge is -2.26. The van der Waals surface area contributed by atoms with E-state index in [0.29, 0.717) is 23.9 Å². The van der Waals surface area contributed by atoms with Gasteiger partial charge in [-0.25, -0.2) is 0 Å². The Hall–Kier alpha value is -0.970. The minimum Gasteiger partial charge on any atom is -0.397 e. The molecule has 1 aromatic carbocycles. The van der Waals surface area contributed by atoms with Crippen molar-refractivity contribution in [2.45, 2.75) is 0 Å². The van der Waals surface area contributed by atoms with E-state index in [2.05, 4.69) is 4.90 Å². The zero-order valence-corrected chi connectivity index (χ0v) is 11.0. The number of para-hydroxylation sites is 1. The first-order chi connectivity index (χ1) is 8.20. The van der Waals surface area contributed by atoms with Crippen LogP contribution in [0, 0.1) is 0 Å². The van der Waals surface area contributed by atoms with E-state index in [1.807, 2.05) is 18.2 Å². The predicted octanol–water partition coefficient (Wildman–Crippen LogP) is 2.02. The van der Waals surface area contributed by atoms with Crippen molar-refractivity contribution in [3.8, 4) is 0 Å². The lowest BCUT2D eigenvalue weighted by Crippen LogP contribution is -2.31. The van der Waals surface area contributed by atoms with Gasteiger partial charge in [-0.2, -0.15) is 0 Å². The molecular formula is C12H19ClN2O2. The van der Waals surface area contributed by atoms with Crippen molar-refractivity contribution in [2.24, 2.45) is 0 Å². The highest BCUT2D eigenvalue weighted by atomic mass is 35.5.